The van der Waals surface area contributed by atoms with Crippen LogP contribution in [0.1, 0.15) is 48.5 Å². The van der Waals surface area contributed by atoms with Crippen molar-refractivity contribution in [2.45, 2.75) is 56.1 Å². The van der Waals surface area contributed by atoms with Gasteiger partial charge in [0, 0.05) is 44.6 Å². The lowest BCUT2D eigenvalue weighted by molar-refractivity contribution is -0.181. The molecule has 3 aromatic heterocycles. The number of amides is 1. The summed E-state index contributed by atoms with van der Waals surface area (Å²) >= 11 is 0. The number of aromatic nitrogens is 4. The third kappa shape index (κ3) is 4.09. The molecule has 190 valence electrons. The number of carbonyl (C=O) groups excluding carboxylic acids is 1. The summed E-state index contributed by atoms with van der Waals surface area (Å²) in [5, 5.41) is 13.1. The third-order valence-corrected chi connectivity index (χ3v) is 7.16. The number of fused-ring (bicyclic) bond motifs is 1. The second-order valence-corrected chi connectivity index (χ2v) is 9.50. The van der Waals surface area contributed by atoms with Gasteiger partial charge < -0.3 is 30.0 Å². The molecule has 6 rings (SSSR count). The van der Waals surface area contributed by atoms with Crippen molar-refractivity contribution in [2.24, 2.45) is 0 Å². The molecule has 1 aliphatic heterocycles. The Labute approximate surface area is 206 Å². The molecule has 0 bridgehead atoms. The summed E-state index contributed by atoms with van der Waals surface area (Å²) in [6.45, 7) is 1.24. The van der Waals surface area contributed by atoms with Crippen LogP contribution >= 0.6 is 0 Å². The van der Waals surface area contributed by atoms with Crippen LogP contribution in [-0.4, -0.2) is 63.3 Å². The minimum atomic E-state index is -1.01. The third-order valence-electron chi connectivity index (χ3n) is 7.16. The molecule has 3 N–H and O–H groups in total. The van der Waals surface area contributed by atoms with Gasteiger partial charge in [0.2, 0.25) is 0 Å². The number of hydrogen-bond acceptors (Lipinski definition) is 8. The highest BCUT2D eigenvalue weighted by Gasteiger charge is 2.41. The molecule has 3 aliphatic rings. The van der Waals surface area contributed by atoms with Crippen molar-refractivity contribution in [3.63, 3.8) is 0 Å². The fraction of sp³-hybridized carbons (Fsp3) is 0.500. The van der Waals surface area contributed by atoms with Gasteiger partial charge in [-0.3, -0.25) is 9.59 Å². The van der Waals surface area contributed by atoms with Crippen LogP contribution in [0.2, 0.25) is 0 Å². The van der Waals surface area contributed by atoms with Crippen molar-refractivity contribution < 1.29 is 18.7 Å². The molecule has 0 radical (unpaired) electrons. The standard InChI is InChI=1S/C24H28FN7O4/c1-26-20-12-19(30-21-15(13-27-32(20)21)22(33)29-18-11-16(18)25)28-17-3-2-8-31(23(17)34)14-4-6-24(7-5-14)35-9-10-36-24/h2-3,8,12-14,16,18,26H,4-7,9-11H2,1H3,(H,28,30)(H,29,33)/t16-,18?/m0/s1. The monoisotopic (exact) mass is 497 g/mol. The highest BCUT2D eigenvalue weighted by molar-refractivity contribution is 6.00. The maximum atomic E-state index is 13.4. The van der Waals surface area contributed by atoms with Gasteiger partial charge in [-0.05, 0) is 25.0 Å². The van der Waals surface area contributed by atoms with E-state index in [0.29, 0.717) is 42.6 Å². The normalized spacial score (nSPS) is 23.2. The second-order valence-electron chi connectivity index (χ2n) is 9.50. The lowest BCUT2D eigenvalue weighted by Crippen LogP contribution is -2.38. The van der Waals surface area contributed by atoms with Gasteiger partial charge in [0.1, 0.15) is 29.1 Å². The Hall–Kier alpha value is -3.51. The van der Waals surface area contributed by atoms with Crippen molar-refractivity contribution >= 4 is 28.9 Å². The maximum Gasteiger partial charge on any atom is 0.274 e. The van der Waals surface area contributed by atoms with E-state index < -0.39 is 23.9 Å². The predicted octanol–water partition coefficient (Wildman–Crippen LogP) is 2.37. The van der Waals surface area contributed by atoms with Gasteiger partial charge in [-0.25, -0.2) is 9.37 Å². The summed E-state index contributed by atoms with van der Waals surface area (Å²) < 4.78 is 28.2. The molecule has 36 heavy (non-hydrogen) atoms. The molecule has 12 heteroatoms. The van der Waals surface area contributed by atoms with E-state index in [1.54, 1.807) is 29.9 Å². The molecule has 1 amide bonds. The van der Waals surface area contributed by atoms with Crippen molar-refractivity contribution in [3.8, 4) is 0 Å². The Morgan fingerprint density at radius 2 is 2.00 bits per heavy atom. The first-order chi connectivity index (χ1) is 17.5. The van der Waals surface area contributed by atoms with Gasteiger partial charge in [0.05, 0.1) is 25.5 Å². The molecular formula is C24H28FN7O4. The number of halogens is 1. The molecule has 2 saturated carbocycles. The lowest BCUT2D eigenvalue weighted by Gasteiger charge is -2.36. The van der Waals surface area contributed by atoms with Crippen LogP contribution < -0.4 is 21.5 Å². The minimum absolute atomic E-state index is 0.0490. The van der Waals surface area contributed by atoms with Gasteiger partial charge in [-0.2, -0.15) is 9.61 Å². The molecule has 4 heterocycles. The zero-order valence-electron chi connectivity index (χ0n) is 19.9. The summed E-state index contributed by atoms with van der Waals surface area (Å²) in [5.41, 5.74) is 0.734. The van der Waals surface area contributed by atoms with Gasteiger partial charge in [-0.1, -0.05) is 0 Å². The number of alkyl halides is 1. The number of pyridine rings is 1. The Morgan fingerprint density at radius 1 is 1.25 bits per heavy atom. The zero-order chi connectivity index (χ0) is 24.9. The van der Waals surface area contributed by atoms with Gasteiger partial charge >= 0.3 is 0 Å². The average Bonchev–Trinajstić information content (AvgIpc) is 3.24. The fourth-order valence-electron chi connectivity index (χ4n) is 5.06. The van der Waals surface area contributed by atoms with Crippen LogP contribution in [-0.2, 0) is 9.47 Å². The number of nitrogens with one attached hydrogen (secondary N) is 3. The summed E-state index contributed by atoms with van der Waals surface area (Å²) in [5.74, 6) is 0.0240. The van der Waals surface area contributed by atoms with Crippen molar-refractivity contribution in [1.82, 2.24) is 24.5 Å². The molecular weight excluding hydrogens is 469 g/mol. The van der Waals surface area contributed by atoms with Crippen LogP contribution in [0.5, 0.6) is 0 Å². The molecule has 2 atom stereocenters. The van der Waals surface area contributed by atoms with Crippen LogP contribution in [0.25, 0.3) is 5.65 Å². The maximum absolute atomic E-state index is 13.4. The number of ether oxygens (including phenoxy) is 2. The topological polar surface area (TPSA) is 124 Å². The highest BCUT2D eigenvalue weighted by Crippen LogP contribution is 2.39. The van der Waals surface area contributed by atoms with E-state index in [1.807, 2.05) is 6.07 Å². The SMILES string of the molecule is CNc1cc(Nc2cccn(C3CCC4(CC3)OCCO4)c2=O)nc2c(C(=O)NC3C[C@@H]3F)cnn12. The predicted molar refractivity (Wildman–Crippen MR) is 129 cm³/mol. The van der Waals surface area contributed by atoms with E-state index >= 15 is 0 Å². The Balaban J connectivity index is 1.26. The van der Waals surface area contributed by atoms with E-state index in [9.17, 15) is 14.0 Å². The summed E-state index contributed by atoms with van der Waals surface area (Å²) in [4.78, 5) is 30.6. The molecule has 1 spiro atoms. The number of hydrogen-bond donors (Lipinski definition) is 3. The fourth-order valence-corrected chi connectivity index (χ4v) is 5.06. The van der Waals surface area contributed by atoms with Crippen LogP contribution in [0.3, 0.4) is 0 Å². The Bertz CT molecular complexity index is 1360. The van der Waals surface area contributed by atoms with E-state index in [2.05, 4.69) is 26.0 Å². The van der Waals surface area contributed by atoms with E-state index in [0.717, 1.165) is 25.7 Å². The lowest BCUT2D eigenvalue weighted by atomic mass is 9.90. The first-order valence-corrected chi connectivity index (χ1v) is 12.2. The number of carbonyl (C=O) groups is 1. The Kier molecular flexibility index (Phi) is 5.64. The Morgan fingerprint density at radius 3 is 2.69 bits per heavy atom. The zero-order valence-corrected chi connectivity index (χ0v) is 19.9. The van der Waals surface area contributed by atoms with Crippen LogP contribution in [0.15, 0.2) is 35.4 Å². The van der Waals surface area contributed by atoms with Crippen molar-refractivity contribution in [2.75, 3.05) is 30.9 Å². The first-order valence-electron chi connectivity index (χ1n) is 12.2. The first kappa shape index (κ1) is 22.9. The van der Waals surface area contributed by atoms with Gasteiger partial charge in [0.25, 0.3) is 11.5 Å². The minimum Gasteiger partial charge on any atom is -0.373 e. The number of anilines is 3. The summed E-state index contributed by atoms with van der Waals surface area (Å²) in [6, 6.07) is 4.82. The molecule has 0 aromatic carbocycles. The van der Waals surface area contributed by atoms with Crippen molar-refractivity contribution in [1.29, 1.82) is 0 Å². The molecule has 1 unspecified atom stereocenters. The molecule has 11 nitrogen and oxygen atoms in total. The average molecular weight is 498 g/mol. The molecule has 1 saturated heterocycles. The molecule has 3 aromatic rings. The second kappa shape index (κ2) is 8.86. The van der Waals surface area contributed by atoms with E-state index in [-0.39, 0.29) is 17.2 Å². The number of nitrogens with zero attached hydrogens (tertiary/aromatic N) is 4. The van der Waals surface area contributed by atoms with Crippen LogP contribution in [0.4, 0.5) is 21.7 Å². The smallest absolute Gasteiger partial charge is 0.274 e. The summed E-state index contributed by atoms with van der Waals surface area (Å²) in [7, 11) is 1.72. The molecule has 3 fully saturated rings. The van der Waals surface area contributed by atoms with Crippen molar-refractivity contribution in [3.05, 3.63) is 46.5 Å². The van der Waals surface area contributed by atoms with E-state index in [1.165, 1.54) is 10.7 Å². The quantitative estimate of drug-likeness (QED) is 0.474. The number of rotatable bonds is 6. The van der Waals surface area contributed by atoms with E-state index in [4.69, 9.17) is 9.47 Å². The summed E-state index contributed by atoms with van der Waals surface area (Å²) in [6.07, 6.45) is 5.58. The van der Waals surface area contributed by atoms with Gasteiger partial charge in [-0.15, -0.1) is 0 Å². The largest absolute Gasteiger partial charge is 0.373 e. The highest BCUT2D eigenvalue weighted by atomic mass is 19.1. The van der Waals surface area contributed by atoms with Gasteiger partial charge in [0.15, 0.2) is 11.4 Å². The molecule has 2 aliphatic carbocycles. The van der Waals surface area contributed by atoms with Crippen LogP contribution in [0, 0.1) is 0 Å².